The van der Waals surface area contributed by atoms with Gasteiger partial charge in [0, 0.05) is 4.90 Å². The van der Waals surface area contributed by atoms with Gasteiger partial charge >= 0.3 is 5.97 Å². The van der Waals surface area contributed by atoms with Crippen LogP contribution in [0, 0.1) is 0 Å². The first-order valence-corrected chi connectivity index (χ1v) is 7.01. The number of benzene rings is 1. The molecule has 1 aromatic rings. The van der Waals surface area contributed by atoms with E-state index in [0.29, 0.717) is 6.42 Å². The Hall–Kier alpha value is -0.960. The molecule has 3 heteroatoms. The zero-order valence-electron chi connectivity index (χ0n) is 10.7. The maximum Gasteiger partial charge on any atom is 0.310 e. The third kappa shape index (κ3) is 5.78. The minimum atomic E-state index is -0.158. The third-order valence-corrected chi connectivity index (χ3v) is 3.33. The summed E-state index contributed by atoms with van der Waals surface area (Å²) in [5, 5.41) is 0. The Morgan fingerprint density at radius 2 is 1.94 bits per heavy atom. The summed E-state index contributed by atoms with van der Waals surface area (Å²) in [4.78, 5) is 12.7. The van der Waals surface area contributed by atoms with Gasteiger partial charge in [-0.3, -0.25) is 4.79 Å². The fourth-order valence-electron chi connectivity index (χ4n) is 1.39. The molecule has 1 aromatic carbocycles. The second-order valence-electron chi connectivity index (χ2n) is 4.21. The van der Waals surface area contributed by atoms with Gasteiger partial charge in [0.15, 0.2) is 0 Å². The molecule has 0 fully saturated rings. The summed E-state index contributed by atoms with van der Waals surface area (Å²) in [5.41, 5.74) is 1.01. The van der Waals surface area contributed by atoms with Crippen molar-refractivity contribution >= 4 is 17.7 Å². The molecule has 0 aliphatic heterocycles. The van der Waals surface area contributed by atoms with Crippen LogP contribution in [0.1, 0.15) is 32.8 Å². The van der Waals surface area contributed by atoms with Crippen molar-refractivity contribution in [1.29, 1.82) is 0 Å². The normalized spacial score (nSPS) is 10.6. The van der Waals surface area contributed by atoms with Crippen LogP contribution in [0.3, 0.4) is 0 Å². The lowest BCUT2D eigenvalue weighted by Gasteiger charge is -2.08. The lowest BCUT2D eigenvalue weighted by Crippen LogP contribution is -2.13. The largest absolute Gasteiger partial charge is 0.463 e. The Morgan fingerprint density at radius 3 is 2.47 bits per heavy atom. The van der Waals surface area contributed by atoms with Gasteiger partial charge in [-0.25, -0.2) is 0 Å². The van der Waals surface area contributed by atoms with Gasteiger partial charge in [-0.1, -0.05) is 19.1 Å². The number of thioether (sulfide) groups is 1. The van der Waals surface area contributed by atoms with Crippen LogP contribution in [0.5, 0.6) is 0 Å². The van der Waals surface area contributed by atoms with E-state index >= 15 is 0 Å². The Morgan fingerprint density at radius 1 is 1.29 bits per heavy atom. The van der Waals surface area contributed by atoms with Gasteiger partial charge in [0.1, 0.15) is 0 Å². The van der Waals surface area contributed by atoms with E-state index in [2.05, 4.69) is 19.1 Å². The van der Waals surface area contributed by atoms with Crippen molar-refractivity contribution in [2.24, 2.45) is 0 Å². The van der Waals surface area contributed by atoms with Crippen LogP contribution in [0.4, 0.5) is 0 Å². The lowest BCUT2D eigenvalue weighted by atomic mass is 10.1. The van der Waals surface area contributed by atoms with Gasteiger partial charge in [0.2, 0.25) is 0 Å². The number of hydrogen-bond donors (Lipinski definition) is 0. The summed E-state index contributed by atoms with van der Waals surface area (Å²) in [6.45, 7) is 5.90. The molecule has 94 valence electrons. The first-order chi connectivity index (χ1) is 8.11. The number of esters is 1. The standard InChI is InChI=1S/C14H20O2S/c1-4-9-17-13-7-5-12(6-8-13)10-14(15)16-11(2)3/h5-8,11H,4,9-10H2,1-3H3. The molecule has 0 spiro atoms. The Labute approximate surface area is 108 Å². The van der Waals surface area contributed by atoms with Crippen LogP contribution >= 0.6 is 11.8 Å². The Bertz CT molecular complexity index is 344. The highest BCUT2D eigenvalue weighted by molar-refractivity contribution is 7.99. The molecule has 0 aliphatic rings. The van der Waals surface area contributed by atoms with E-state index in [0.717, 1.165) is 11.3 Å². The van der Waals surface area contributed by atoms with Crippen molar-refractivity contribution in [1.82, 2.24) is 0 Å². The summed E-state index contributed by atoms with van der Waals surface area (Å²) < 4.78 is 5.11. The van der Waals surface area contributed by atoms with Gasteiger partial charge in [0.25, 0.3) is 0 Å². The molecular weight excluding hydrogens is 232 g/mol. The average molecular weight is 252 g/mol. The second kappa shape index (κ2) is 7.38. The highest BCUT2D eigenvalue weighted by Gasteiger charge is 2.06. The summed E-state index contributed by atoms with van der Waals surface area (Å²) in [7, 11) is 0. The molecule has 2 nitrogen and oxygen atoms in total. The molecule has 0 saturated carbocycles. The molecular formula is C14H20O2S. The van der Waals surface area contributed by atoms with Crippen molar-refractivity contribution in [3.05, 3.63) is 29.8 Å². The Kier molecular flexibility index (Phi) is 6.12. The molecule has 0 unspecified atom stereocenters. The third-order valence-electron chi connectivity index (χ3n) is 2.11. The number of rotatable bonds is 6. The smallest absolute Gasteiger partial charge is 0.310 e. The molecule has 0 aliphatic carbocycles. The zero-order chi connectivity index (χ0) is 12.7. The van der Waals surface area contributed by atoms with Gasteiger partial charge in [-0.2, -0.15) is 0 Å². The summed E-state index contributed by atoms with van der Waals surface area (Å²) in [6.07, 6.45) is 1.49. The molecule has 0 atom stereocenters. The monoisotopic (exact) mass is 252 g/mol. The van der Waals surface area contributed by atoms with E-state index in [9.17, 15) is 4.79 Å². The molecule has 0 radical (unpaired) electrons. The zero-order valence-corrected chi connectivity index (χ0v) is 11.5. The molecule has 0 bridgehead atoms. The predicted molar refractivity (Wildman–Crippen MR) is 72.4 cm³/mol. The number of ether oxygens (including phenoxy) is 1. The molecule has 0 saturated heterocycles. The molecule has 0 N–H and O–H groups in total. The molecule has 0 aromatic heterocycles. The van der Waals surface area contributed by atoms with E-state index in [1.165, 1.54) is 11.3 Å². The molecule has 17 heavy (non-hydrogen) atoms. The number of carbonyl (C=O) groups is 1. The molecule has 0 heterocycles. The van der Waals surface area contributed by atoms with Crippen LogP contribution in [-0.4, -0.2) is 17.8 Å². The maximum atomic E-state index is 11.5. The predicted octanol–water partition coefficient (Wildman–Crippen LogP) is 3.68. The van der Waals surface area contributed by atoms with Crippen LogP contribution in [-0.2, 0) is 16.0 Å². The van der Waals surface area contributed by atoms with E-state index in [1.807, 2.05) is 37.7 Å². The van der Waals surface area contributed by atoms with Gasteiger partial charge in [-0.05, 0) is 43.7 Å². The van der Waals surface area contributed by atoms with Crippen molar-refractivity contribution in [2.45, 2.75) is 44.6 Å². The first-order valence-electron chi connectivity index (χ1n) is 6.03. The topological polar surface area (TPSA) is 26.3 Å². The van der Waals surface area contributed by atoms with Crippen molar-refractivity contribution in [2.75, 3.05) is 5.75 Å². The highest BCUT2D eigenvalue weighted by Crippen LogP contribution is 2.19. The fraction of sp³-hybridized carbons (Fsp3) is 0.500. The van der Waals surface area contributed by atoms with Crippen LogP contribution in [0.2, 0.25) is 0 Å². The Balaban J connectivity index is 2.47. The van der Waals surface area contributed by atoms with Gasteiger partial charge < -0.3 is 4.74 Å². The molecule has 1 rings (SSSR count). The maximum absolute atomic E-state index is 11.5. The first kappa shape index (κ1) is 14.1. The SMILES string of the molecule is CCCSc1ccc(CC(=O)OC(C)C)cc1. The summed E-state index contributed by atoms with van der Waals surface area (Å²) in [5.74, 6) is 0.975. The van der Waals surface area contributed by atoms with E-state index in [4.69, 9.17) is 4.74 Å². The van der Waals surface area contributed by atoms with E-state index < -0.39 is 0 Å². The summed E-state index contributed by atoms with van der Waals surface area (Å²) >= 11 is 1.84. The van der Waals surface area contributed by atoms with Crippen LogP contribution in [0.15, 0.2) is 29.2 Å². The molecule has 0 amide bonds. The van der Waals surface area contributed by atoms with E-state index in [-0.39, 0.29) is 12.1 Å². The average Bonchev–Trinajstić information content (AvgIpc) is 2.27. The quantitative estimate of drug-likeness (QED) is 0.570. The van der Waals surface area contributed by atoms with Crippen LogP contribution < -0.4 is 0 Å². The second-order valence-corrected chi connectivity index (χ2v) is 5.38. The van der Waals surface area contributed by atoms with E-state index in [1.54, 1.807) is 0 Å². The minimum absolute atomic E-state index is 0.0399. The lowest BCUT2D eigenvalue weighted by molar-refractivity contribution is -0.146. The van der Waals surface area contributed by atoms with Gasteiger partial charge in [0.05, 0.1) is 12.5 Å². The number of hydrogen-bond acceptors (Lipinski definition) is 3. The van der Waals surface area contributed by atoms with Crippen molar-refractivity contribution in [3.8, 4) is 0 Å². The van der Waals surface area contributed by atoms with Gasteiger partial charge in [-0.15, -0.1) is 11.8 Å². The summed E-state index contributed by atoms with van der Waals surface area (Å²) in [6, 6.07) is 8.13. The van der Waals surface area contributed by atoms with Crippen molar-refractivity contribution in [3.63, 3.8) is 0 Å². The number of carbonyl (C=O) groups excluding carboxylic acids is 1. The highest BCUT2D eigenvalue weighted by atomic mass is 32.2. The minimum Gasteiger partial charge on any atom is -0.463 e. The van der Waals surface area contributed by atoms with Crippen LogP contribution in [0.25, 0.3) is 0 Å². The van der Waals surface area contributed by atoms with Crippen molar-refractivity contribution < 1.29 is 9.53 Å². The fourth-order valence-corrected chi connectivity index (χ4v) is 2.16.